The Balaban J connectivity index is 1.61. The van der Waals surface area contributed by atoms with Gasteiger partial charge in [-0.05, 0) is 66.8 Å². The normalized spacial score (nSPS) is 17.8. The van der Waals surface area contributed by atoms with Crippen molar-refractivity contribution in [3.63, 3.8) is 0 Å². The third kappa shape index (κ3) is 2.64. The Labute approximate surface area is 152 Å². The van der Waals surface area contributed by atoms with Gasteiger partial charge in [0.1, 0.15) is 5.75 Å². The van der Waals surface area contributed by atoms with Gasteiger partial charge in [-0.1, -0.05) is 6.07 Å². The highest BCUT2D eigenvalue weighted by molar-refractivity contribution is 6.10. The van der Waals surface area contributed by atoms with Crippen molar-refractivity contribution in [1.29, 1.82) is 0 Å². The van der Waals surface area contributed by atoms with Gasteiger partial charge in [-0.15, -0.1) is 0 Å². The van der Waals surface area contributed by atoms with Crippen LogP contribution in [0.4, 0.5) is 5.69 Å². The third-order valence-electron chi connectivity index (χ3n) is 5.20. The topological polar surface area (TPSA) is 55.8 Å². The second-order valence-electron chi connectivity index (χ2n) is 6.64. The first kappa shape index (κ1) is 16.6. The lowest BCUT2D eigenvalue weighted by Gasteiger charge is -2.17. The molecule has 0 bridgehead atoms. The number of nitrogens with zero attached hydrogens (tertiary/aromatic N) is 1. The smallest absolute Gasteiger partial charge is 0.313 e. The quantitative estimate of drug-likeness (QED) is 0.792. The molecule has 2 aromatic carbocycles. The van der Waals surface area contributed by atoms with Gasteiger partial charge >= 0.3 is 5.97 Å². The Morgan fingerprint density at radius 1 is 1.19 bits per heavy atom. The fourth-order valence-electron chi connectivity index (χ4n) is 3.89. The maximum Gasteiger partial charge on any atom is 0.313 e. The highest BCUT2D eigenvalue weighted by atomic mass is 16.5. The number of fused-ring (bicyclic) bond motifs is 2. The lowest BCUT2D eigenvalue weighted by atomic mass is 10.0. The van der Waals surface area contributed by atoms with Crippen LogP contribution in [0.5, 0.6) is 5.75 Å². The van der Waals surface area contributed by atoms with E-state index in [1.165, 1.54) is 0 Å². The van der Waals surface area contributed by atoms with Crippen molar-refractivity contribution in [1.82, 2.24) is 0 Å². The Kier molecular flexibility index (Phi) is 4.15. The molecule has 134 valence electrons. The van der Waals surface area contributed by atoms with E-state index in [1.54, 1.807) is 12.0 Å². The van der Waals surface area contributed by atoms with E-state index in [9.17, 15) is 9.59 Å². The van der Waals surface area contributed by atoms with E-state index in [0.29, 0.717) is 13.2 Å². The Bertz CT molecular complexity index is 890. The first-order valence-electron chi connectivity index (χ1n) is 8.90. The summed E-state index contributed by atoms with van der Waals surface area (Å²) in [5.41, 5.74) is 4.71. The summed E-state index contributed by atoms with van der Waals surface area (Å²) in [5.74, 6) is 0.415. The van der Waals surface area contributed by atoms with Crippen LogP contribution in [0.1, 0.15) is 46.3 Å². The number of carbonyl (C=O) groups is 2. The molecule has 0 aromatic heterocycles. The molecule has 5 nitrogen and oxygen atoms in total. The highest BCUT2D eigenvalue weighted by Gasteiger charge is 2.33. The molecule has 0 radical (unpaired) electrons. The zero-order valence-corrected chi connectivity index (χ0v) is 15.0. The molecule has 0 fully saturated rings. The summed E-state index contributed by atoms with van der Waals surface area (Å²) in [5, 5.41) is 0. The minimum atomic E-state index is -0.185. The molecule has 1 aliphatic heterocycles. The summed E-state index contributed by atoms with van der Waals surface area (Å²) < 4.78 is 10.4. The van der Waals surface area contributed by atoms with E-state index in [-0.39, 0.29) is 17.8 Å². The van der Waals surface area contributed by atoms with Crippen LogP contribution in [-0.2, 0) is 22.5 Å². The number of hydrogen-bond acceptors (Lipinski definition) is 4. The molecular weight excluding hydrogens is 330 g/mol. The standard InChI is InChI=1S/C21H21NO4/c1-3-26-21(24)19-7-4-13-10-15(5-8-17(13)19)22-12-14-11-16(25-2)6-9-18(14)20(22)23/h5-6,8-11,19H,3-4,7,12H2,1-2H3. The van der Waals surface area contributed by atoms with Crippen LogP contribution in [0.2, 0.25) is 0 Å². The molecule has 2 aromatic rings. The highest BCUT2D eigenvalue weighted by Crippen LogP contribution is 2.38. The van der Waals surface area contributed by atoms with Crippen molar-refractivity contribution in [2.45, 2.75) is 32.2 Å². The van der Waals surface area contributed by atoms with E-state index in [1.807, 2.05) is 43.3 Å². The minimum Gasteiger partial charge on any atom is -0.497 e. The van der Waals surface area contributed by atoms with Crippen molar-refractivity contribution in [2.75, 3.05) is 18.6 Å². The minimum absolute atomic E-state index is 0.00235. The average molecular weight is 351 g/mol. The van der Waals surface area contributed by atoms with Gasteiger partial charge in [-0.25, -0.2) is 0 Å². The first-order chi connectivity index (χ1) is 12.6. The van der Waals surface area contributed by atoms with E-state index in [4.69, 9.17) is 9.47 Å². The van der Waals surface area contributed by atoms with Gasteiger partial charge in [0.25, 0.3) is 5.91 Å². The zero-order valence-electron chi connectivity index (χ0n) is 15.0. The van der Waals surface area contributed by atoms with Crippen molar-refractivity contribution in [2.24, 2.45) is 0 Å². The molecule has 5 heteroatoms. The second kappa shape index (κ2) is 6.48. The fraction of sp³-hybridized carbons (Fsp3) is 0.333. The fourth-order valence-corrected chi connectivity index (χ4v) is 3.89. The van der Waals surface area contributed by atoms with Crippen molar-refractivity contribution < 1.29 is 19.1 Å². The van der Waals surface area contributed by atoms with Crippen molar-refractivity contribution >= 4 is 17.6 Å². The molecule has 0 saturated carbocycles. The van der Waals surface area contributed by atoms with Gasteiger partial charge in [0.05, 0.1) is 26.2 Å². The van der Waals surface area contributed by atoms with Gasteiger partial charge in [0, 0.05) is 11.3 Å². The number of carbonyl (C=O) groups excluding carboxylic acids is 2. The number of methoxy groups -OCH3 is 1. The largest absolute Gasteiger partial charge is 0.497 e. The van der Waals surface area contributed by atoms with Crippen LogP contribution < -0.4 is 9.64 Å². The monoisotopic (exact) mass is 351 g/mol. The molecule has 2 aliphatic rings. The van der Waals surface area contributed by atoms with Gasteiger partial charge in [-0.3, -0.25) is 9.59 Å². The van der Waals surface area contributed by atoms with Crippen LogP contribution in [0.15, 0.2) is 36.4 Å². The number of ether oxygens (including phenoxy) is 2. The number of rotatable bonds is 4. The molecule has 0 spiro atoms. The molecule has 1 heterocycles. The van der Waals surface area contributed by atoms with Crippen LogP contribution in [0.25, 0.3) is 0 Å². The SMILES string of the molecule is CCOC(=O)C1CCc2cc(N3Cc4cc(OC)ccc4C3=O)ccc21. The van der Waals surface area contributed by atoms with E-state index in [0.717, 1.165) is 46.5 Å². The first-order valence-corrected chi connectivity index (χ1v) is 8.90. The zero-order chi connectivity index (χ0) is 18.3. The maximum absolute atomic E-state index is 12.8. The number of hydrogen-bond donors (Lipinski definition) is 0. The lowest BCUT2D eigenvalue weighted by molar-refractivity contribution is -0.144. The van der Waals surface area contributed by atoms with Crippen molar-refractivity contribution in [3.8, 4) is 5.75 Å². The molecule has 1 atom stereocenters. The van der Waals surface area contributed by atoms with Crippen LogP contribution >= 0.6 is 0 Å². The summed E-state index contributed by atoms with van der Waals surface area (Å²) in [7, 11) is 1.62. The van der Waals surface area contributed by atoms with Crippen LogP contribution in [0, 0.1) is 0 Å². The summed E-state index contributed by atoms with van der Waals surface area (Å²) >= 11 is 0. The summed E-state index contributed by atoms with van der Waals surface area (Å²) in [6.45, 7) is 2.75. The molecule has 26 heavy (non-hydrogen) atoms. The van der Waals surface area contributed by atoms with Gasteiger partial charge in [-0.2, -0.15) is 0 Å². The van der Waals surface area contributed by atoms with Gasteiger partial charge in [0.15, 0.2) is 0 Å². The van der Waals surface area contributed by atoms with Crippen LogP contribution in [-0.4, -0.2) is 25.6 Å². The Morgan fingerprint density at radius 2 is 2.04 bits per heavy atom. The van der Waals surface area contributed by atoms with Gasteiger partial charge in [0.2, 0.25) is 0 Å². The Hall–Kier alpha value is -2.82. The molecule has 1 amide bonds. The molecule has 4 rings (SSSR count). The van der Waals surface area contributed by atoms with E-state index < -0.39 is 0 Å². The second-order valence-corrected chi connectivity index (χ2v) is 6.64. The number of anilines is 1. The van der Waals surface area contributed by atoms with Gasteiger partial charge < -0.3 is 14.4 Å². The summed E-state index contributed by atoms with van der Waals surface area (Å²) in [6, 6.07) is 11.5. The maximum atomic E-state index is 12.8. The average Bonchev–Trinajstić information content (AvgIpc) is 3.22. The summed E-state index contributed by atoms with van der Waals surface area (Å²) in [6.07, 6.45) is 1.60. The molecule has 0 saturated heterocycles. The molecular formula is C21H21NO4. The lowest BCUT2D eigenvalue weighted by Crippen LogP contribution is -2.23. The number of esters is 1. The molecule has 0 N–H and O–H groups in total. The van der Waals surface area contributed by atoms with Crippen molar-refractivity contribution in [3.05, 3.63) is 58.7 Å². The van der Waals surface area contributed by atoms with E-state index in [2.05, 4.69) is 0 Å². The number of amides is 1. The third-order valence-corrected chi connectivity index (χ3v) is 5.20. The molecule has 1 aliphatic carbocycles. The van der Waals surface area contributed by atoms with E-state index >= 15 is 0 Å². The Morgan fingerprint density at radius 3 is 2.81 bits per heavy atom. The number of aryl methyl sites for hydroxylation is 1. The molecule has 1 unspecified atom stereocenters. The van der Waals surface area contributed by atoms with Crippen LogP contribution in [0.3, 0.4) is 0 Å². The number of benzene rings is 2. The predicted octanol–water partition coefficient (Wildman–Crippen LogP) is 3.45. The predicted molar refractivity (Wildman–Crippen MR) is 97.6 cm³/mol. The summed E-state index contributed by atoms with van der Waals surface area (Å²) in [4.78, 5) is 26.7.